The lowest BCUT2D eigenvalue weighted by Gasteiger charge is -2.31. The van der Waals surface area contributed by atoms with Crippen LogP contribution in [0.1, 0.15) is 19.8 Å². The Kier molecular flexibility index (Phi) is 5.48. The van der Waals surface area contributed by atoms with E-state index in [2.05, 4.69) is 27.1 Å². The molecule has 1 aliphatic rings. The van der Waals surface area contributed by atoms with Gasteiger partial charge in [0, 0.05) is 31.4 Å². The van der Waals surface area contributed by atoms with Gasteiger partial charge < -0.3 is 19.7 Å². The van der Waals surface area contributed by atoms with Crippen molar-refractivity contribution in [2.75, 3.05) is 37.5 Å². The summed E-state index contributed by atoms with van der Waals surface area (Å²) < 4.78 is 10.7. The van der Waals surface area contributed by atoms with Crippen molar-refractivity contribution < 1.29 is 9.47 Å². The van der Waals surface area contributed by atoms with Crippen molar-refractivity contribution in [1.29, 1.82) is 0 Å². The van der Waals surface area contributed by atoms with Crippen LogP contribution in [-0.2, 0) is 0 Å². The number of ether oxygens (including phenoxy) is 2. The van der Waals surface area contributed by atoms with Crippen LogP contribution in [0.2, 0.25) is 5.02 Å². The number of aromatic nitrogens is 2. The summed E-state index contributed by atoms with van der Waals surface area (Å²) in [5, 5.41) is 3.69. The summed E-state index contributed by atoms with van der Waals surface area (Å²) in [5.41, 5.74) is 0.702. The maximum atomic E-state index is 6.15. The fourth-order valence-electron chi connectivity index (χ4n) is 2.90. The molecule has 0 spiro atoms. The highest BCUT2D eigenvalue weighted by molar-refractivity contribution is 6.32. The van der Waals surface area contributed by atoms with E-state index in [1.165, 1.54) is 12.8 Å². The lowest BCUT2D eigenvalue weighted by molar-refractivity contribution is 0.405. The van der Waals surface area contributed by atoms with Crippen LogP contribution >= 0.6 is 11.6 Å². The Hall–Kier alpha value is -2.21. The number of benzene rings is 1. The van der Waals surface area contributed by atoms with Crippen LogP contribution in [0.15, 0.2) is 24.4 Å². The van der Waals surface area contributed by atoms with Gasteiger partial charge in [-0.2, -0.15) is 4.98 Å². The average Bonchev–Trinajstić information content (AvgIpc) is 2.63. The van der Waals surface area contributed by atoms with Crippen molar-refractivity contribution in [3.63, 3.8) is 0 Å². The molecule has 0 unspecified atom stereocenters. The van der Waals surface area contributed by atoms with Crippen molar-refractivity contribution in [3.05, 3.63) is 29.4 Å². The Morgan fingerprint density at radius 2 is 1.88 bits per heavy atom. The van der Waals surface area contributed by atoms with E-state index in [1.54, 1.807) is 32.5 Å². The molecule has 1 aromatic heterocycles. The van der Waals surface area contributed by atoms with Gasteiger partial charge in [-0.1, -0.05) is 18.5 Å². The standard InChI is InChI=1S/C18H23ClN4O2/c1-12-5-8-23(9-6-12)17-4-7-20-18(22-17)21-14-11-15(24-2)13(19)10-16(14)25-3/h4,7,10-12H,5-6,8-9H2,1-3H3,(H,20,21,22). The van der Waals surface area contributed by atoms with Crippen LogP contribution in [0.3, 0.4) is 0 Å². The normalized spacial score (nSPS) is 15.1. The van der Waals surface area contributed by atoms with Crippen molar-refractivity contribution in [2.24, 2.45) is 5.92 Å². The number of hydrogen-bond donors (Lipinski definition) is 1. The van der Waals surface area contributed by atoms with Crippen LogP contribution in [0.5, 0.6) is 11.5 Å². The van der Waals surface area contributed by atoms with Crippen LogP contribution < -0.4 is 19.7 Å². The predicted molar refractivity (Wildman–Crippen MR) is 100 cm³/mol. The summed E-state index contributed by atoms with van der Waals surface area (Å²) >= 11 is 6.15. The molecule has 2 aromatic rings. The minimum absolute atomic E-state index is 0.488. The number of nitrogens with zero attached hydrogens (tertiary/aromatic N) is 3. The second kappa shape index (κ2) is 7.78. The van der Waals surface area contributed by atoms with E-state index < -0.39 is 0 Å². The van der Waals surface area contributed by atoms with Gasteiger partial charge in [0.05, 0.1) is 24.9 Å². The van der Waals surface area contributed by atoms with Crippen molar-refractivity contribution in [1.82, 2.24) is 9.97 Å². The molecule has 0 aliphatic carbocycles. The largest absolute Gasteiger partial charge is 0.495 e. The van der Waals surface area contributed by atoms with E-state index in [4.69, 9.17) is 21.1 Å². The SMILES string of the molecule is COc1cc(Nc2nccc(N3CCC(C)CC3)n2)c(OC)cc1Cl. The van der Waals surface area contributed by atoms with Gasteiger partial charge in [0.2, 0.25) is 5.95 Å². The molecular formula is C18H23ClN4O2. The number of methoxy groups -OCH3 is 2. The molecule has 7 heteroatoms. The summed E-state index contributed by atoms with van der Waals surface area (Å²) in [5.74, 6) is 3.39. The Labute approximate surface area is 153 Å². The van der Waals surface area contributed by atoms with Crippen molar-refractivity contribution in [2.45, 2.75) is 19.8 Å². The summed E-state index contributed by atoms with van der Waals surface area (Å²) in [7, 11) is 3.17. The Morgan fingerprint density at radius 3 is 2.56 bits per heavy atom. The Morgan fingerprint density at radius 1 is 1.16 bits per heavy atom. The fourth-order valence-corrected chi connectivity index (χ4v) is 3.13. The molecule has 1 saturated heterocycles. The first kappa shape index (κ1) is 17.6. The zero-order valence-electron chi connectivity index (χ0n) is 14.8. The minimum atomic E-state index is 0.488. The molecule has 2 heterocycles. The molecule has 6 nitrogen and oxygen atoms in total. The zero-order chi connectivity index (χ0) is 17.8. The monoisotopic (exact) mass is 362 g/mol. The number of nitrogens with one attached hydrogen (secondary N) is 1. The third-order valence-electron chi connectivity index (χ3n) is 4.47. The molecule has 0 amide bonds. The van der Waals surface area contributed by atoms with Gasteiger partial charge in [0.1, 0.15) is 17.3 Å². The van der Waals surface area contributed by atoms with E-state index in [0.29, 0.717) is 28.2 Å². The highest BCUT2D eigenvalue weighted by Crippen LogP contribution is 2.37. The first-order chi connectivity index (χ1) is 12.1. The lowest BCUT2D eigenvalue weighted by atomic mass is 9.99. The lowest BCUT2D eigenvalue weighted by Crippen LogP contribution is -2.33. The molecule has 1 N–H and O–H groups in total. The molecule has 1 fully saturated rings. The van der Waals surface area contributed by atoms with Crippen molar-refractivity contribution in [3.8, 4) is 11.5 Å². The minimum Gasteiger partial charge on any atom is -0.495 e. The molecule has 134 valence electrons. The molecular weight excluding hydrogens is 340 g/mol. The predicted octanol–water partition coefficient (Wildman–Crippen LogP) is 4.13. The smallest absolute Gasteiger partial charge is 0.229 e. The Balaban J connectivity index is 1.83. The van der Waals surface area contributed by atoms with E-state index in [9.17, 15) is 0 Å². The number of piperidine rings is 1. The van der Waals surface area contributed by atoms with Gasteiger partial charge in [0.15, 0.2) is 0 Å². The van der Waals surface area contributed by atoms with E-state index >= 15 is 0 Å². The van der Waals surface area contributed by atoms with E-state index in [1.807, 2.05) is 6.07 Å². The number of rotatable bonds is 5. The summed E-state index contributed by atoms with van der Waals surface area (Å²) in [6.45, 7) is 4.34. The fraction of sp³-hybridized carbons (Fsp3) is 0.444. The molecule has 3 rings (SSSR count). The van der Waals surface area contributed by atoms with Gasteiger partial charge in [-0.15, -0.1) is 0 Å². The van der Waals surface area contributed by atoms with Crippen LogP contribution in [0.4, 0.5) is 17.5 Å². The zero-order valence-corrected chi connectivity index (χ0v) is 15.5. The number of halogens is 1. The third kappa shape index (κ3) is 4.07. The number of anilines is 3. The Bertz CT molecular complexity index is 733. The molecule has 25 heavy (non-hydrogen) atoms. The van der Waals surface area contributed by atoms with Gasteiger partial charge in [0.25, 0.3) is 0 Å². The summed E-state index contributed by atoms with van der Waals surface area (Å²) in [6.07, 6.45) is 4.15. The highest BCUT2D eigenvalue weighted by atomic mass is 35.5. The molecule has 0 radical (unpaired) electrons. The van der Waals surface area contributed by atoms with Crippen LogP contribution in [0, 0.1) is 5.92 Å². The molecule has 0 atom stereocenters. The maximum Gasteiger partial charge on any atom is 0.229 e. The van der Waals surface area contributed by atoms with Gasteiger partial charge >= 0.3 is 0 Å². The topological polar surface area (TPSA) is 59.5 Å². The van der Waals surface area contributed by atoms with Gasteiger partial charge in [-0.05, 0) is 24.8 Å². The van der Waals surface area contributed by atoms with Gasteiger partial charge in [-0.25, -0.2) is 4.98 Å². The van der Waals surface area contributed by atoms with E-state index in [0.717, 1.165) is 24.8 Å². The highest BCUT2D eigenvalue weighted by Gasteiger charge is 2.18. The molecule has 1 aromatic carbocycles. The van der Waals surface area contributed by atoms with Crippen LogP contribution in [-0.4, -0.2) is 37.3 Å². The average molecular weight is 363 g/mol. The first-order valence-electron chi connectivity index (χ1n) is 8.37. The first-order valence-corrected chi connectivity index (χ1v) is 8.75. The second-order valence-corrected chi connectivity index (χ2v) is 6.63. The summed E-state index contributed by atoms with van der Waals surface area (Å²) in [6, 6.07) is 5.43. The van der Waals surface area contributed by atoms with Crippen LogP contribution in [0.25, 0.3) is 0 Å². The second-order valence-electron chi connectivity index (χ2n) is 6.22. The van der Waals surface area contributed by atoms with E-state index in [-0.39, 0.29) is 0 Å². The molecule has 0 saturated carbocycles. The summed E-state index contributed by atoms with van der Waals surface area (Å²) in [4.78, 5) is 11.3. The quantitative estimate of drug-likeness (QED) is 0.863. The van der Waals surface area contributed by atoms with Crippen molar-refractivity contribution >= 4 is 29.1 Å². The van der Waals surface area contributed by atoms with Gasteiger partial charge in [-0.3, -0.25) is 0 Å². The maximum absolute atomic E-state index is 6.15. The molecule has 1 aliphatic heterocycles. The number of hydrogen-bond acceptors (Lipinski definition) is 6. The third-order valence-corrected chi connectivity index (χ3v) is 4.76. The molecule has 0 bridgehead atoms.